The van der Waals surface area contributed by atoms with E-state index in [2.05, 4.69) is 0 Å². The maximum absolute atomic E-state index is 11.5. The number of halogens is 2. The van der Waals surface area contributed by atoms with Crippen LogP contribution < -0.4 is 0 Å². The van der Waals surface area contributed by atoms with Crippen LogP contribution in [-0.2, 0) is 0 Å². The van der Waals surface area contributed by atoms with Crippen LogP contribution in [0.3, 0.4) is 0 Å². The predicted octanol–water partition coefficient (Wildman–Crippen LogP) is 5.06. The number of rotatable bonds is 7. The summed E-state index contributed by atoms with van der Waals surface area (Å²) in [6.07, 6.45) is 0. The van der Waals surface area contributed by atoms with E-state index in [9.17, 15) is 29.8 Å². The van der Waals surface area contributed by atoms with Gasteiger partial charge in [0.05, 0.1) is 21.0 Å². The average molecular weight is 433 g/mol. The van der Waals surface area contributed by atoms with Gasteiger partial charge in [-0.15, -0.1) is 0 Å². The van der Waals surface area contributed by atoms with Crippen molar-refractivity contribution in [2.45, 2.75) is 9.79 Å². The summed E-state index contributed by atoms with van der Waals surface area (Å²) < 4.78 is 0. The molecule has 26 heavy (non-hydrogen) atoms. The van der Waals surface area contributed by atoms with E-state index in [0.29, 0.717) is 9.79 Å². The molecule has 0 unspecified atom stereocenters. The highest BCUT2D eigenvalue weighted by atomic mass is 35.5. The van der Waals surface area contributed by atoms with E-state index in [0.717, 1.165) is 33.7 Å². The minimum absolute atomic E-state index is 0.0703. The first-order valence-electron chi connectivity index (χ1n) is 6.51. The molecule has 0 fully saturated rings. The van der Waals surface area contributed by atoms with E-state index in [1.165, 1.54) is 24.3 Å². The van der Waals surface area contributed by atoms with Crippen molar-refractivity contribution in [1.82, 2.24) is 0 Å². The molecule has 134 valence electrons. The SMILES string of the molecule is O=C(Cl)c1cc([N+](=O)[O-])ccc1SSc1ccc([N+](=O)[O-])cc1C(=O)Cl. The average Bonchev–Trinajstić information content (AvgIpc) is 2.59. The van der Waals surface area contributed by atoms with Crippen LogP contribution in [0.2, 0.25) is 0 Å². The molecule has 0 amide bonds. The molecule has 0 aliphatic carbocycles. The van der Waals surface area contributed by atoms with Gasteiger partial charge in [-0.05, 0) is 35.3 Å². The predicted molar refractivity (Wildman–Crippen MR) is 98.3 cm³/mol. The zero-order valence-electron chi connectivity index (χ0n) is 12.4. The van der Waals surface area contributed by atoms with Crippen molar-refractivity contribution in [3.8, 4) is 0 Å². The summed E-state index contributed by atoms with van der Waals surface area (Å²) >= 11 is 10.9. The largest absolute Gasteiger partial charge is 0.276 e. The van der Waals surface area contributed by atoms with Gasteiger partial charge in [0.2, 0.25) is 0 Å². The standard InChI is InChI=1S/C14H6Cl2N2O6S2/c15-13(19)9-5-7(17(21)22)1-3-11(9)25-26-12-4-2-8(18(23)24)6-10(12)14(16)20/h1-6H. The van der Waals surface area contributed by atoms with Gasteiger partial charge >= 0.3 is 0 Å². The molecule has 0 radical (unpaired) electrons. The quantitative estimate of drug-likeness (QED) is 0.257. The number of non-ortho nitro benzene ring substituents is 2. The zero-order chi connectivity index (χ0) is 19.4. The number of hydrogen-bond donors (Lipinski definition) is 0. The van der Waals surface area contributed by atoms with Crippen LogP contribution in [0.1, 0.15) is 20.7 Å². The van der Waals surface area contributed by atoms with Crippen molar-refractivity contribution < 1.29 is 19.4 Å². The van der Waals surface area contributed by atoms with E-state index < -0.39 is 20.3 Å². The van der Waals surface area contributed by atoms with Crippen LogP contribution in [0.4, 0.5) is 11.4 Å². The van der Waals surface area contributed by atoms with Crippen LogP contribution in [-0.4, -0.2) is 20.3 Å². The Morgan fingerprint density at radius 1 is 0.769 bits per heavy atom. The molecule has 8 nitrogen and oxygen atoms in total. The third kappa shape index (κ3) is 4.73. The Labute approximate surface area is 163 Å². The van der Waals surface area contributed by atoms with Crippen molar-refractivity contribution in [2.75, 3.05) is 0 Å². The normalized spacial score (nSPS) is 10.4. The van der Waals surface area contributed by atoms with Gasteiger partial charge in [-0.25, -0.2) is 0 Å². The molecule has 0 bridgehead atoms. The molecule has 0 N–H and O–H groups in total. The first kappa shape index (κ1) is 20.2. The number of nitro groups is 2. The topological polar surface area (TPSA) is 120 Å². The maximum Gasteiger partial charge on any atom is 0.270 e. The van der Waals surface area contributed by atoms with Crippen LogP contribution in [0.15, 0.2) is 46.2 Å². The molecule has 2 rings (SSSR count). The summed E-state index contributed by atoms with van der Waals surface area (Å²) in [5.74, 6) is 0. The molecule has 0 saturated carbocycles. The monoisotopic (exact) mass is 432 g/mol. The number of nitro benzene ring substituents is 2. The lowest BCUT2D eigenvalue weighted by Gasteiger charge is -2.07. The van der Waals surface area contributed by atoms with E-state index in [1.54, 1.807) is 0 Å². The fraction of sp³-hybridized carbons (Fsp3) is 0. The Morgan fingerprint density at radius 2 is 1.12 bits per heavy atom. The van der Waals surface area contributed by atoms with Gasteiger partial charge in [0, 0.05) is 34.1 Å². The first-order valence-corrected chi connectivity index (χ1v) is 9.42. The summed E-state index contributed by atoms with van der Waals surface area (Å²) in [6, 6.07) is 7.19. The molecule has 2 aromatic carbocycles. The second-order valence-electron chi connectivity index (χ2n) is 4.59. The second-order valence-corrected chi connectivity index (χ2v) is 7.49. The smallest absolute Gasteiger partial charge is 0.270 e. The van der Waals surface area contributed by atoms with Gasteiger partial charge in [0.15, 0.2) is 0 Å². The maximum atomic E-state index is 11.5. The molecule has 0 heterocycles. The Balaban J connectivity index is 2.34. The Bertz CT molecular complexity index is 862. The molecule has 0 atom stereocenters. The summed E-state index contributed by atoms with van der Waals surface area (Å²) in [5, 5.41) is 19.8. The highest BCUT2D eigenvalue weighted by Gasteiger charge is 2.19. The summed E-state index contributed by atoms with van der Waals surface area (Å²) in [6.45, 7) is 0. The highest BCUT2D eigenvalue weighted by molar-refractivity contribution is 8.76. The number of carbonyl (C=O) groups excluding carboxylic acids is 2. The highest BCUT2D eigenvalue weighted by Crippen LogP contribution is 2.42. The molecule has 0 saturated heterocycles. The molecule has 12 heteroatoms. The van der Waals surface area contributed by atoms with Crippen molar-refractivity contribution >= 4 is 66.6 Å². The summed E-state index contributed by atoms with van der Waals surface area (Å²) in [4.78, 5) is 44.0. The lowest BCUT2D eigenvalue weighted by molar-refractivity contribution is -0.385. The van der Waals surface area contributed by atoms with Crippen molar-refractivity contribution in [1.29, 1.82) is 0 Å². The third-order valence-corrected chi connectivity index (χ3v) is 5.88. The number of benzene rings is 2. The van der Waals surface area contributed by atoms with E-state index in [-0.39, 0.29) is 22.5 Å². The van der Waals surface area contributed by atoms with Crippen LogP contribution in [0.25, 0.3) is 0 Å². The van der Waals surface area contributed by atoms with Crippen LogP contribution in [0, 0.1) is 20.2 Å². The van der Waals surface area contributed by atoms with E-state index in [1.807, 2.05) is 0 Å². The molecular weight excluding hydrogens is 427 g/mol. The Kier molecular flexibility index (Phi) is 6.59. The summed E-state index contributed by atoms with van der Waals surface area (Å²) in [7, 11) is 2.01. The summed E-state index contributed by atoms with van der Waals surface area (Å²) in [5.41, 5.74) is -0.733. The molecule has 0 aromatic heterocycles. The molecule has 2 aromatic rings. The molecule has 0 aliphatic heterocycles. The zero-order valence-corrected chi connectivity index (χ0v) is 15.5. The first-order chi connectivity index (χ1) is 12.2. The number of carbonyl (C=O) groups is 2. The number of hydrogen-bond acceptors (Lipinski definition) is 8. The van der Waals surface area contributed by atoms with Crippen molar-refractivity contribution in [3.05, 3.63) is 67.8 Å². The molecule has 0 aliphatic rings. The van der Waals surface area contributed by atoms with Gasteiger partial charge in [0.25, 0.3) is 21.9 Å². The lowest BCUT2D eigenvalue weighted by atomic mass is 10.2. The van der Waals surface area contributed by atoms with E-state index in [4.69, 9.17) is 23.2 Å². The van der Waals surface area contributed by atoms with Gasteiger partial charge in [0.1, 0.15) is 0 Å². The van der Waals surface area contributed by atoms with Gasteiger partial charge in [-0.3, -0.25) is 29.8 Å². The van der Waals surface area contributed by atoms with Gasteiger partial charge in [-0.1, -0.05) is 21.6 Å². The van der Waals surface area contributed by atoms with Gasteiger partial charge < -0.3 is 0 Å². The lowest BCUT2D eigenvalue weighted by Crippen LogP contribution is -1.97. The van der Waals surface area contributed by atoms with Crippen LogP contribution >= 0.6 is 44.8 Å². The van der Waals surface area contributed by atoms with Crippen LogP contribution in [0.5, 0.6) is 0 Å². The van der Waals surface area contributed by atoms with E-state index >= 15 is 0 Å². The minimum Gasteiger partial charge on any atom is -0.276 e. The molecular formula is C14H6Cl2N2O6S2. The minimum atomic E-state index is -0.880. The fourth-order valence-electron chi connectivity index (χ4n) is 1.81. The van der Waals surface area contributed by atoms with Crippen molar-refractivity contribution in [2.24, 2.45) is 0 Å². The number of nitrogens with zero attached hydrogens (tertiary/aromatic N) is 2. The van der Waals surface area contributed by atoms with Crippen molar-refractivity contribution in [3.63, 3.8) is 0 Å². The Hall–Kier alpha value is -2.14. The molecule has 0 spiro atoms. The van der Waals surface area contributed by atoms with Gasteiger partial charge in [-0.2, -0.15) is 0 Å². The Morgan fingerprint density at radius 3 is 1.38 bits per heavy atom. The third-order valence-electron chi connectivity index (χ3n) is 2.99. The second kappa shape index (κ2) is 8.49. The fourth-order valence-corrected chi connectivity index (χ4v) is 4.55.